The number of hydrogen-bond donors (Lipinski definition) is 0. The number of rotatable bonds is 4. The van der Waals surface area contributed by atoms with Gasteiger partial charge in [0.05, 0.1) is 0 Å². The molecule has 5 heteroatoms. The zero-order valence-corrected chi connectivity index (χ0v) is 13.3. The van der Waals surface area contributed by atoms with Crippen LogP contribution >= 0.6 is 0 Å². The van der Waals surface area contributed by atoms with Gasteiger partial charge in [0.25, 0.3) is 0 Å². The van der Waals surface area contributed by atoms with Crippen molar-refractivity contribution in [3.05, 3.63) is 65.0 Å². The summed E-state index contributed by atoms with van der Waals surface area (Å²) in [5.74, 6) is -0.716. The highest BCUT2D eigenvalue weighted by Gasteiger charge is 2.19. The molecule has 1 aromatic heterocycles. The van der Waals surface area contributed by atoms with E-state index in [2.05, 4.69) is 20.9 Å². The summed E-state index contributed by atoms with van der Waals surface area (Å²) < 4.78 is 27.0. The molecule has 0 unspecified atom stereocenters. The van der Waals surface area contributed by atoms with Crippen molar-refractivity contribution in [2.24, 2.45) is 0 Å². The number of benzene rings is 1. The molecule has 3 rings (SSSR count). The summed E-state index contributed by atoms with van der Waals surface area (Å²) >= 11 is 0. The number of aromatic nitrogens is 1. The van der Waals surface area contributed by atoms with Crippen LogP contribution in [0.1, 0.15) is 16.8 Å². The fourth-order valence-corrected chi connectivity index (χ4v) is 2.94. The molecule has 122 valence electrons. The van der Waals surface area contributed by atoms with Gasteiger partial charge in [-0.05, 0) is 36.8 Å². The van der Waals surface area contributed by atoms with E-state index >= 15 is 0 Å². The molecule has 0 aliphatic carbocycles. The van der Waals surface area contributed by atoms with Crippen molar-refractivity contribution in [3.63, 3.8) is 0 Å². The first-order valence-electron chi connectivity index (χ1n) is 7.91. The van der Waals surface area contributed by atoms with Gasteiger partial charge < -0.3 is 0 Å². The van der Waals surface area contributed by atoms with Crippen LogP contribution in [0.25, 0.3) is 0 Å². The third-order valence-corrected chi connectivity index (χ3v) is 4.38. The zero-order valence-electron chi connectivity index (χ0n) is 13.3. The second-order valence-electron chi connectivity index (χ2n) is 6.04. The Hall–Kier alpha value is -1.85. The van der Waals surface area contributed by atoms with Gasteiger partial charge in [-0.15, -0.1) is 0 Å². The van der Waals surface area contributed by atoms with Crippen LogP contribution in [0.2, 0.25) is 0 Å². The molecule has 2 heterocycles. The van der Waals surface area contributed by atoms with Gasteiger partial charge in [0.2, 0.25) is 0 Å². The molecular formula is C18H21F2N3. The standard InChI is InChI=1S/C18H21F2N3/c1-14-15(3-2-6-21-14)12-22-7-9-23(10-8-22)13-16-11-17(19)4-5-18(16)20/h2-6,11H,7-10,12-13H2,1H3. The molecule has 1 aromatic carbocycles. The molecule has 0 N–H and O–H groups in total. The van der Waals surface area contributed by atoms with Gasteiger partial charge in [-0.25, -0.2) is 8.78 Å². The van der Waals surface area contributed by atoms with E-state index in [0.717, 1.165) is 44.5 Å². The minimum atomic E-state index is -0.382. The summed E-state index contributed by atoms with van der Waals surface area (Å²) in [6.45, 7) is 6.94. The molecule has 1 saturated heterocycles. The molecule has 2 aromatic rings. The smallest absolute Gasteiger partial charge is 0.127 e. The Morgan fingerprint density at radius 1 is 0.957 bits per heavy atom. The first-order chi connectivity index (χ1) is 11.1. The maximum absolute atomic E-state index is 13.7. The van der Waals surface area contributed by atoms with E-state index in [4.69, 9.17) is 0 Å². The number of pyridine rings is 1. The quantitative estimate of drug-likeness (QED) is 0.864. The van der Waals surface area contributed by atoms with Crippen molar-refractivity contribution in [1.82, 2.24) is 14.8 Å². The number of hydrogen-bond acceptors (Lipinski definition) is 3. The molecule has 1 aliphatic heterocycles. The summed E-state index contributed by atoms with van der Waals surface area (Å²) in [5.41, 5.74) is 2.75. The van der Waals surface area contributed by atoms with Gasteiger partial charge in [-0.2, -0.15) is 0 Å². The Balaban J connectivity index is 1.54. The van der Waals surface area contributed by atoms with Crippen molar-refractivity contribution in [2.75, 3.05) is 26.2 Å². The normalized spacial score (nSPS) is 16.7. The highest BCUT2D eigenvalue weighted by molar-refractivity contribution is 5.19. The third kappa shape index (κ3) is 4.12. The average molecular weight is 317 g/mol. The van der Waals surface area contributed by atoms with E-state index in [1.807, 2.05) is 19.2 Å². The van der Waals surface area contributed by atoms with Gasteiger partial charge in [-0.1, -0.05) is 6.07 Å². The van der Waals surface area contributed by atoms with Crippen LogP contribution < -0.4 is 0 Å². The largest absolute Gasteiger partial charge is 0.296 e. The molecule has 3 nitrogen and oxygen atoms in total. The first-order valence-corrected chi connectivity index (χ1v) is 7.91. The second kappa shape index (κ2) is 7.15. The van der Waals surface area contributed by atoms with Crippen LogP contribution in [0.15, 0.2) is 36.5 Å². The predicted molar refractivity (Wildman–Crippen MR) is 85.9 cm³/mol. The van der Waals surface area contributed by atoms with Crippen LogP contribution in [0.3, 0.4) is 0 Å². The Morgan fingerprint density at radius 3 is 2.26 bits per heavy atom. The minimum Gasteiger partial charge on any atom is -0.296 e. The second-order valence-corrected chi connectivity index (χ2v) is 6.04. The maximum Gasteiger partial charge on any atom is 0.127 e. The lowest BCUT2D eigenvalue weighted by atomic mass is 10.1. The molecule has 0 atom stereocenters. The van der Waals surface area contributed by atoms with Gasteiger partial charge in [0.1, 0.15) is 11.6 Å². The van der Waals surface area contributed by atoms with E-state index in [0.29, 0.717) is 12.1 Å². The molecule has 0 saturated carbocycles. The van der Waals surface area contributed by atoms with E-state index in [1.54, 1.807) is 0 Å². The van der Waals surface area contributed by atoms with E-state index < -0.39 is 0 Å². The lowest BCUT2D eigenvalue weighted by Gasteiger charge is -2.35. The van der Waals surface area contributed by atoms with Gasteiger partial charge in [0, 0.05) is 56.7 Å². The Bertz CT molecular complexity index is 667. The van der Waals surface area contributed by atoms with E-state index in [-0.39, 0.29) is 11.6 Å². The van der Waals surface area contributed by atoms with Gasteiger partial charge in [0.15, 0.2) is 0 Å². The summed E-state index contributed by atoms with van der Waals surface area (Å²) in [5, 5.41) is 0. The van der Waals surface area contributed by atoms with Crippen molar-refractivity contribution in [2.45, 2.75) is 20.0 Å². The SMILES string of the molecule is Cc1ncccc1CN1CCN(Cc2cc(F)ccc2F)CC1. The van der Waals surface area contributed by atoms with Crippen LogP contribution in [-0.4, -0.2) is 41.0 Å². The number of halogens is 2. The molecule has 0 bridgehead atoms. The monoisotopic (exact) mass is 317 g/mol. The Morgan fingerprint density at radius 2 is 1.61 bits per heavy atom. The third-order valence-electron chi connectivity index (χ3n) is 4.38. The first kappa shape index (κ1) is 16.0. The maximum atomic E-state index is 13.7. The predicted octanol–water partition coefficient (Wildman–Crippen LogP) is 2.99. The van der Waals surface area contributed by atoms with Crippen LogP contribution in [0, 0.1) is 18.6 Å². The van der Waals surface area contributed by atoms with Gasteiger partial charge >= 0.3 is 0 Å². The van der Waals surface area contributed by atoms with E-state index in [9.17, 15) is 8.78 Å². The Labute approximate surface area is 135 Å². The van der Waals surface area contributed by atoms with Crippen molar-refractivity contribution in [1.29, 1.82) is 0 Å². The molecule has 0 spiro atoms. The molecule has 1 fully saturated rings. The minimum absolute atomic E-state index is 0.334. The number of nitrogens with zero attached hydrogens (tertiary/aromatic N) is 3. The van der Waals surface area contributed by atoms with Gasteiger partial charge in [-0.3, -0.25) is 14.8 Å². The lowest BCUT2D eigenvalue weighted by Crippen LogP contribution is -2.45. The molecular weight excluding hydrogens is 296 g/mol. The summed E-state index contributed by atoms with van der Waals surface area (Å²) in [6.07, 6.45) is 1.81. The van der Waals surface area contributed by atoms with E-state index in [1.165, 1.54) is 17.7 Å². The summed E-state index contributed by atoms with van der Waals surface area (Å²) in [6, 6.07) is 7.72. The molecule has 1 aliphatic rings. The molecule has 23 heavy (non-hydrogen) atoms. The van der Waals surface area contributed by atoms with Crippen LogP contribution in [0.5, 0.6) is 0 Å². The fourth-order valence-electron chi connectivity index (χ4n) is 2.94. The topological polar surface area (TPSA) is 19.4 Å². The number of piperazine rings is 1. The van der Waals surface area contributed by atoms with Crippen LogP contribution in [0.4, 0.5) is 8.78 Å². The highest BCUT2D eigenvalue weighted by atomic mass is 19.1. The molecule has 0 radical (unpaired) electrons. The van der Waals surface area contributed by atoms with Crippen molar-refractivity contribution in [3.8, 4) is 0 Å². The fraction of sp³-hybridized carbons (Fsp3) is 0.389. The van der Waals surface area contributed by atoms with Crippen molar-refractivity contribution >= 4 is 0 Å². The van der Waals surface area contributed by atoms with Crippen LogP contribution in [-0.2, 0) is 13.1 Å². The molecule has 0 amide bonds. The highest BCUT2D eigenvalue weighted by Crippen LogP contribution is 2.15. The average Bonchev–Trinajstić information content (AvgIpc) is 2.55. The summed E-state index contributed by atoms with van der Waals surface area (Å²) in [7, 11) is 0. The number of aryl methyl sites for hydroxylation is 1. The zero-order chi connectivity index (χ0) is 16.2. The Kier molecular flexibility index (Phi) is 4.98. The summed E-state index contributed by atoms with van der Waals surface area (Å²) in [4.78, 5) is 8.87. The van der Waals surface area contributed by atoms with Crippen molar-refractivity contribution < 1.29 is 8.78 Å². The lowest BCUT2D eigenvalue weighted by molar-refractivity contribution is 0.120.